The Morgan fingerprint density at radius 1 is 1.30 bits per heavy atom. The van der Waals surface area contributed by atoms with Gasteiger partial charge in [-0.1, -0.05) is 0 Å². The lowest BCUT2D eigenvalue weighted by atomic mass is 10.1. The predicted molar refractivity (Wildman–Crippen MR) is 74.5 cm³/mol. The zero-order valence-electron chi connectivity index (χ0n) is 11.7. The van der Waals surface area contributed by atoms with Crippen LogP contribution < -0.4 is 0 Å². The van der Waals surface area contributed by atoms with Crippen LogP contribution in [0.5, 0.6) is 0 Å². The number of sulfonamides is 1. The molecule has 3 rings (SSSR count). The highest BCUT2D eigenvalue weighted by Crippen LogP contribution is 2.29. The smallest absolute Gasteiger partial charge is 0.211 e. The fourth-order valence-electron chi connectivity index (χ4n) is 2.56. The largest absolute Gasteiger partial charge is 0.381 e. The van der Waals surface area contributed by atoms with Crippen molar-refractivity contribution in [3.63, 3.8) is 0 Å². The van der Waals surface area contributed by atoms with Crippen molar-refractivity contribution in [2.45, 2.75) is 25.9 Å². The maximum atomic E-state index is 11.9. The Labute approximate surface area is 119 Å². The summed E-state index contributed by atoms with van der Waals surface area (Å²) in [5.41, 5.74) is 0.945. The van der Waals surface area contributed by atoms with E-state index >= 15 is 0 Å². The molecule has 0 radical (unpaired) electrons. The summed E-state index contributed by atoms with van der Waals surface area (Å²) < 4.78 is 33.0. The predicted octanol–water partition coefficient (Wildman–Crippen LogP) is 0.701. The molecule has 0 saturated heterocycles. The first-order chi connectivity index (χ1) is 9.52. The van der Waals surface area contributed by atoms with E-state index < -0.39 is 10.0 Å². The van der Waals surface area contributed by atoms with Crippen LogP contribution in [-0.2, 0) is 27.8 Å². The van der Waals surface area contributed by atoms with Gasteiger partial charge in [-0.05, 0) is 18.8 Å². The first-order valence-corrected chi connectivity index (χ1v) is 8.89. The van der Waals surface area contributed by atoms with E-state index in [1.165, 1.54) is 23.4 Å². The van der Waals surface area contributed by atoms with Gasteiger partial charge in [0.25, 0.3) is 0 Å². The fraction of sp³-hybridized carbons (Fsp3) is 0.769. The highest BCUT2D eigenvalue weighted by molar-refractivity contribution is 7.88. The van der Waals surface area contributed by atoms with Crippen molar-refractivity contribution in [2.75, 3.05) is 26.0 Å². The van der Waals surface area contributed by atoms with Gasteiger partial charge in [-0.15, -0.1) is 0 Å². The Morgan fingerprint density at radius 2 is 2.05 bits per heavy atom. The molecule has 1 atom stereocenters. The molecule has 6 nitrogen and oxygen atoms in total. The van der Waals surface area contributed by atoms with Crippen molar-refractivity contribution in [1.82, 2.24) is 13.9 Å². The normalized spacial score (nSPS) is 24.4. The van der Waals surface area contributed by atoms with Gasteiger partial charge >= 0.3 is 0 Å². The molecule has 1 aromatic heterocycles. The molecule has 0 spiro atoms. The molecular weight excluding hydrogens is 278 g/mol. The first-order valence-electron chi connectivity index (χ1n) is 7.04. The van der Waals surface area contributed by atoms with Crippen LogP contribution in [0.1, 0.15) is 18.5 Å². The Morgan fingerprint density at radius 3 is 2.75 bits per heavy atom. The Balaban J connectivity index is 1.69. The van der Waals surface area contributed by atoms with Crippen LogP contribution in [0.15, 0.2) is 12.5 Å². The molecule has 0 amide bonds. The van der Waals surface area contributed by atoms with Crippen LogP contribution in [-0.4, -0.2) is 48.3 Å². The van der Waals surface area contributed by atoms with Gasteiger partial charge in [0, 0.05) is 31.8 Å². The molecule has 1 saturated carbocycles. The fourth-order valence-corrected chi connectivity index (χ4v) is 3.41. The van der Waals surface area contributed by atoms with Crippen molar-refractivity contribution < 1.29 is 13.2 Å². The summed E-state index contributed by atoms with van der Waals surface area (Å²) in [6.07, 6.45) is 7.32. The van der Waals surface area contributed by atoms with E-state index in [-0.39, 0.29) is 5.92 Å². The average molecular weight is 299 g/mol. The maximum Gasteiger partial charge on any atom is 0.211 e. The zero-order valence-corrected chi connectivity index (χ0v) is 12.6. The van der Waals surface area contributed by atoms with Gasteiger partial charge < -0.3 is 9.30 Å². The van der Waals surface area contributed by atoms with Crippen molar-refractivity contribution in [3.8, 4) is 0 Å². The third kappa shape index (κ3) is 3.39. The SMILES string of the molecule is CS(=O)(=O)N1Cc2cncn2C[C@H](COCC2CC2)C1. The van der Waals surface area contributed by atoms with Gasteiger partial charge in [0.05, 0.1) is 31.4 Å². The van der Waals surface area contributed by atoms with E-state index in [0.29, 0.717) is 19.7 Å². The van der Waals surface area contributed by atoms with Crippen LogP contribution in [0.2, 0.25) is 0 Å². The van der Waals surface area contributed by atoms with Crippen molar-refractivity contribution in [1.29, 1.82) is 0 Å². The topological polar surface area (TPSA) is 64.4 Å². The summed E-state index contributed by atoms with van der Waals surface area (Å²) in [6.45, 7) is 3.11. The van der Waals surface area contributed by atoms with Gasteiger partial charge in [0.2, 0.25) is 10.0 Å². The summed E-state index contributed by atoms with van der Waals surface area (Å²) in [5.74, 6) is 0.912. The third-order valence-corrected chi connectivity index (χ3v) is 5.14. The molecule has 1 aromatic rings. The summed E-state index contributed by atoms with van der Waals surface area (Å²) >= 11 is 0. The molecule has 0 bridgehead atoms. The van der Waals surface area contributed by atoms with E-state index in [1.54, 1.807) is 12.5 Å². The number of hydrogen-bond donors (Lipinski definition) is 0. The molecule has 7 heteroatoms. The summed E-state index contributed by atoms with van der Waals surface area (Å²) in [7, 11) is -3.20. The molecule has 2 aliphatic rings. The summed E-state index contributed by atoms with van der Waals surface area (Å²) in [5, 5.41) is 0. The van der Waals surface area contributed by atoms with Gasteiger partial charge in [-0.3, -0.25) is 0 Å². The number of rotatable bonds is 5. The third-order valence-electron chi connectivity index (χ3n) is 3.93. The van der Waals surface area contributed by atoms with Crippen LogP contribution in [0.3, 0.4) is 0 Å². The second kappa shape index (κ2) is 5.46. The highest BCUT2D eigenvalue weighted by Gasteiger charge is 2.28. The molecule has 20 heavy (non-hydrogen) atoms. The molecule has 1 aliphatic heterocycles. The van der Waals surface area contributed by atoms with Crippen LogP contribution >= 0.6 is 0 Å². The van der Waals surface area contributed by atoms with Crippen LogP contribution in [0.25, 0.3) is 0 Å². The zero-order chi connectivity index (χ0) is 14.2. The molecule has 0 unspecified atom stereocenters. The van der Waals surface area contributed by atoms with E-state index in [1.807, 2.05) is 4.57 Å². The van der Waals surface area contributed by atoms with Gasteiger partial charge in [0.1, 0.15) is 0 Å². The first kappa shape index (κ1) is 14.0. The molecule has 0 aromatic carbocycles. The lowest BCUT2D eigenvalue weighted by Gasteiger charge is -2.21. The van der Waals surface area contributed by atoms with E-state index in [2.05, 4.69) is 4.98 Å². The second-order valence-electron chi connectivity index (χ2n) is 5.94. The average Bonchev–Trinajstić information content (AvgIpc) is 3.12. The summed E-state index contributed by atoms with van der Waals surface area (Å²) in [4.78, 5) is 4.12. The van der Waals surface area contributed by atoms with Crippen molar-refractivity contribution in [3.05, 3.63) is 18.2 Å². The monoisotopic (exact) mass is 299 g/mol. The molecule has 112 valence electrons. The number of ether oxygens (including phenoxy) is 1. The van der Waals surface area contributed by atoms with Crippen molar-refractivity contribution >= 4 is 10.0 Å². The lowest BCUT2D eigenvalue weighted by molar-refractivity contribution is 0.0808. The minimum absolute atomic E-state index is 0.180. The number of aromatic nitrogens is 2. The van der Waals surface area contributed by atoms with Gasteiger partial charge in [-0.2, -0.15) is 4.31 Å². The standard InChI is InChI=1S/C13H21N3O3S/c1-20(17,18)16-6-12(9-19-8-11-2-3-11)5-15-10-14-4-13(15)7-16/h4,10-12H,2-3,5-9H2,1H3/t12-/m0/s1. The molecule has 2 heterocycles. The van der Waals surface area contributed by atoms with E-state index in [4.69, 9.17) is 4.74 Å². The van der Waals surface area contributed by atoms with Gasteiger partial charge in [-0.25, -0.2) is 13.4 Å². The van der Waals surface area contributed by atoms with Crippen LogP contribution in [0.4, 0.5) is 0 Å². The van der Waals surface area contributed by atoms with E-state index in [0.717, 1.165) is 24.8 Å². The number of hydrogen-bond acceptors (Lipinski definition) is 4. The molecule has 0 N–H and O–H groups in total. The Bertz CT molecular complexity index is 565. The molecule has 1 fully saturated rings. The van der Waals surface area contributed by atoms with Gasteiger partial charge in [0.15, 0.2) is 0 Å². The molecular formula is C13H21N3O3S. The second-order valence-corrected chi connectivity index (χ2v) is 7.92. The maximum absolute atomic E-state index is 11.9. The summed E-state index contributed by atoms with van der Waals surface area (Å²) in [6, 6.07) is 0. The highest BCUT2D eigenvalue weighted by atomic mass is 32.2. The van der Waals surface area contributed by atoms with Crippen molar-refractivity contribution in [2.24, 2.45) is 11.8 Å². The molecule has 1 aliphatic carbocycles. The van der Waals surface area contributed by atoms with Crippen LogP contribution in [0, 0.1) is 11.8 Å². The van der Waals surface area contributed by atoms with E-state index in [9.17, 15) is 8.42 Å². The quantitative estimate of drug-likeness (QED) is 0.803. The number of nitrogens with zero attached hydrogens (tertiary/aromatic N) is 3. The number of fused-ring (bicyclic) bond motifs is 1. The number of imidazole rings is 1. The minimum atomic E-state index is -3.20. The Kier molecular flexibility index (Phi) is 3.83. The lowest BCUT2D eigenvalue weighted by Crippen LogP contribution is -2.34. The Hall–Kier alpha value is -0.920. The minimum Gasteiger partial charge on any atom is -0.381 e.